The lowest BCUT2D eigenvalue weighted by atomic mass is 10.1. The van der Waals surface area contributed by atoms with Crippen LogP contribution >= 0.6 is 0 Å². The Labute approximate surface area is 142 Å². The van der Waals surface area contributed by atoms with Gasteiger partial charge in [0, 0.05) is 19.4 Å². The van der Waals surface area contributed by atoms with Crippen LogP contribution in [0.1, 0.15) is 23.1 Å². The van der Waals surface area contributed by atoms with Crippen LogP contribution in [0.4, 0.5) is 0 Å². The topological polar surface area (TPSA) is 47.6 Å². The second kappa shape index (κ2) is 7.86. The fourth-order valence-electron chi connectivity index (χ4n) is 2.88. The van der Waals surface area contributed by atoms with Crippen LogP contribution in [0, 0.1) is 0 Å². The lowest BCUT2D eigenvalue weighted by Crippen LogP contribution is -2.25. The summed E-state index contributed by atoms with van der Waals surface area (Å²) in [4.78, 5) is 12.0. The maximum Gasteiger partial charge on any atom is 0.220 e. The van der Waals surface area contributed by atoms with Crippen molar-refractivity contribution in [2.24, 2.45) is 0 Å². The number of aryl methyl sites for hydroxylation is 1. The number of rotatable bonds is 7. The summed E-state index contributed by atoms with van der Waals surface area (Å²) >= 11 is 0. The van der Waals surface area contributed by atoms with Gasteiger partial charge in [-0.2, -0.15) is 0 Å². The molecule has 0 saturated carbocycles. The van der Waals surface area contributed by atoms with Crippen LogP contribution in [0.5, 0.6) is 11.5 Å². The van der Waals surface area contributed by atoms with Gasteiger partial charge in [0.05, 0.1) is 13.7 Å². The van der Waals surface area contributed by atoms with Gasteiger partial charge >= 0.3 is 0 Å². The van der Waals surface area contributed by atoms with Gasteiger partial charge in [0.15, 0.2) is 0 Å². The smallest absolute Gasteiger partial charge is 0.220 e. The molecule has 0 spiro atoms. The van der Waals surface area contributed by atoms with Gasteiger partial charge in [0.25, 0.3) is 0 Å². The van der Waals surface area contributed by atoms with Gasteiger partial charge < -0.3 is 14.8 Å². The molecule has 0 saturated heterocycles. The quantitative estimate of drug-likeness (QED) is 0.851. The molecule has 0 bridgehead atoms. The molecule has 1 amide bonds. The molecular weight excluding hydrogens is 302 g/mol. The highest BCUT2D eigenvalue weighted by Crippen LogP contribution is 2.25. The van der Waals surface area contributed by atoms with Crippen LogP contribution in [0.25, 0.3) is 0 Å². The maximum absolute atomic E-state index is 12.0. The van der Waals surface area contributed by atoms with E-state index < -0.39 is 0 Å². The molecule has 4 nitrogen and oxygen atoms in total. The van der Waals surface area contributed by atoms with Gasteiger partial charge in [0.1, 0.15) is 11.5 Å². The summed E-state index contributed by atoms with van der Waals surface area (Å²) in [5, 5.41) is 3.00. The van der Waals surface area contributed by atoms with Crippen LogP contribution in [0.2, 0.25) is 0 Å². The van der Waals surface area contributed by atoms with Crippen molar-refractivity contribution in [3.05, 3.63) is 59.2 Å². The number of hydrogen-bond donors (Lipinski definition) is 1. The molecule has 1 aliphatic heterocycles. The van der Waals surface area contributed by atoms with Crippen molar-refractivity contribution in [3.63, 3.8) is 0 Å². The molecule has 1 aliphatic rings. The van der Waals surface area contributed by atoms with E-state index in [4.69, 9.17) is 9.47 Å². The molecule has 2 aromatic carbocycles. The van der Waals surface area contributed by atoms with Crippen LogP contribution < -0.4 is 14.8 Å². The van der Waals surface area contributed by atoms with Gasteiger partial charge in [0.2, 0.25) is 5.91 Å². The molecule has 0 atom stereocenters. The van der Waals surface area contributed by atoms with E-state index in [0.717, 1.165) is 42.9 Å². The fraction of sp³-hybridized carbons (Fsp3) is 0.350. The molecule has 1 N–H and O–H groups in total. The third-order valence-electron chi connectivity index (χ3n) is 4.29. The van der Waals surface area contributed by atoms with E-state index in [1.54, 1.807) is 7.11 Å². The highest BCUT2D eigenvalue weighted by molar-refractivity contribution is 5.76. The normalized spacial score (nSPS) is 12.4. The summed E-state index contributed by atoms with van der Waals surface area (Å²) in [6, 6.07) is 14.1. The van der Waals surface area contributed by atoms with Crippen molar-refractivity contribution in [2.45, 2.75) is 25.7 Å². The number of fused-ring (bicyclic) bond motifs is 1. The maximum atomic E-state index is 12.0. The van der Waals surface area contributed by atoms with Crippen LogP contribution in [-0.4, -0.2) is 26.2 Å². The lowest BCUT2D eigenvalue weighted by Gasteiger charge is -2.07. The van der Waals surface area contributed by atoms with E-state index in [0.29, 0.717) is 13.0 Å². The lowest BCUT2D eigenvalue weighted by molar-refractivity contribution is -0.121. The van der Waals surface area contributed by atoms with Gasteiger partial charge in [-0.1, -0.05) is 24.3 Å². The minimum atomic E-state index is 0.0929. The highest BCUT2D eigenvalue weighted by atomic mass is 16.5. The third-order valence-corrected chi connectivity index (χ3v) is 4.29. The Morgan fingerprint density at radius 1 is 1.12 bits per heavy atom. The Kier molecular flexibility index (Phi) is 5.36. The zero-order valence-corrected chi connectivity index (χ0v) is 14.0. The summed E-state index contributed by atoms with van der Waals surface area (Å²) in [5.74, 6) is 1.93. The summed E-state index contributed by atoms with van der Waals surface area (Å²) in [6.45, 7) is 1.45. The molecule has 0 radical (unpaired) electrons. The van der Waals surface area contributed by atoms with Crippen LogP contribution in [0.15, 0.2) is 42.5 Å². The Bertz CT molecular complexity index is 695. The summed E-state index contributed by atoms with van der Waals surface area (Å²) in [5.41, 5.74) is 3.66. The number of ether oxygens (including phenoxy) is 2. The van der Waals surface area contributed by atoms with E-state index in [-0.39, 0.29) is 5.91 Å². The molecule has 3 rings (SSSR count). The van der Waals surface area contributed by atoms with E-state index in [2.05, 4.69) is 17.4 Å². The molecule has 0 aromatic heterocycles. The van der Waals surface area contributed by atoms with E-state index >= 15 is 0 Å². The number of carbonyl (C=O) groups excluding carboxylic acids is 1. The van der Waals surface area contributed by atoms with Gasteiger partial charge in [-0.15, -0.1) is 0 Å². The minimum Gasteiger partial charge on any atom is -0.497 e. The first-order valence-electron chi connectivity index (χ1n) is 8.39. The first kappa shape index (κ1) is 16.4. The Morgan fingerprint density at radius 3 is 2.71 bits per heavy atom. The Morgan fingerprint density at radius 2 is 1.92 bits per heavy atom. The second-order valence-corrected chi connectivity index (χ2v) is 5.99. The number of carbonyl (C=O) groups is 1. The van der Waals surface area contributed by atoms with Gasteiger partial charge in [-0.05, 0) is 47.7 Å². The molecule has 1 heterocycles. The molecule has 2 aromatic rings. The zero-order chi connectivity index (χ0) is 16.8. The van der Waals surface area contributed by atoms with Gasteiger partial charge in [-0.3, -0.25) is 4.79 Å². The molecule has 0 unspecified atom stereocenters. The van der Waals surface area contributed by atoms with Crippen molar-refractivity contribution in [1.82, 2.24) is 5.32 Å². The van der Waals surface area contributed by atoms with Crippen LogP contribution in [0.3, 0.4) is 0 Å². The summed E-state index contributed by atoms with van der Waals surface area (Å²) in [7, 11) is 1.65. The average molecular weight is 325 g/mol. The number of nitrogens with one attached hydrogen (secondary N) is 1. The van der Waals surface area contributed by atoms with Crippen molar-refractivity contribution in [2.75, 3.05) is 20.3 Å². The van der Waals surface area contributed by atoms with Crippen molar-refractivity contribution in [3.8, 4) is 11.5 Å². The molecule has 0 aliphatic carbocycles. The Hall–Kier alpha value is -2.49. The molecular formula is C20H23NO3. The minimum absolute atomic E-state index is 0.0929. The predicted octanol–water partition coefficient (Wildman–Crippen LogP) is 2.92. The number of hydrogen-bond acceptors (Lipinski definition) is 3. The summed E-state index contributed by atoms with van der Waals surface area (Å²) in [6.07, 6.45) is 3.08. The molecule has 0 fully saturated rings. The van der Waals surface area contributed by atoms with Crippen molar-refractivity contribution >= 4 is 5.91 Å². The Balaban J connectivity index is 1.39. The van der Waals surface area contributed by atoms with E-state index in [9.17, 15) is 4.79 Å². The first-order valence-corrected chi connectivity index (χ1v) is 8.39. The molecule has 4 heteroatoms. The first-order chi connectivity index (χ1) is 11.7. The third kappa shape index (κ3) is 4.28. The summed E-state index contributed by atoms with van der Waals surface area (Å²) < 4.78 is 10.6. The van der Waals surface area contributed by atoms with E-state index in [1.165, 1.54) is 11.1 Å². The second-order valence-electron chi connectivity index (χ2n) is 5.99. The SMILES string of the molecule is COc1ccc(CCC(=O)NCCc2ccc3c(c2)CCO3)cc1. The predicted molar refractivity (Wildman–Crippen MR) is 93.7 cm³/mol. The van der Waals surface area contributed by atoms with Crippen molar-refractivity contribution < 1.29 is 14.3 Å². The van der Waals surface area contributed by atoms with Crippen LogP contribution in [-0.2, 0) is 24.1 Å². The zero-order valence-electron chi connectivity index (χ0n) is 14.0. The number of methoxy groups -OCH3 is 1. The van der Waals surface area contributed by atoms with Crippen molar-refractivity contribution in [1.29, 1.82) is 0 Å². The van der Waals surface area contributed by atoms with Gasteiger partial charge in [-0.25, -0.2) is 0 Å². The highest BCUT2D eigenvalue weighted by Gasteiger charge is 2.11. The number of benzene rings is 2. The fourth-order valence-corrected chi connectivity index (χ4v) is 2.88. The average Bonchev–Trinajstić information content (AvgIpc) is 3.08. The molecule has 126 valence electrons. The monoisotopic (exact) mass is 325 g/mol. The van der Waals surface area contributed by atoms with E-state index in [1.807, 2.05) is 30.3 Å². The number of amides is 1. The standard InChI is InChI=1S/C20H23NO3/c1-23-18-6-2-15(3-7-18)5-9-20(22)21-12-10-16-4-8-19-17(14-16)11-13-24-19/h2-4,6-8,14H,5,9-13H2,1H3,(H,21,22). The molecule has 24 heavy (non-hydrogen) atoms. The largest absolute Gasteiger partial charge is 0.497 e.